The molecule has 2 atom stereocenters. The molecule has 0 spiro atoms. The lowest BCUT2D eigenvalue weighted by Crippen LogP contribution is -2.55. The van der Waals surface area contributed by atoms with E-state index < -0.39 is 6.04 Å². The number of piperazine rings is 1. The van der Waals surface area contributed by atoms with Crippen molar-refractivity contribution in [3.05, 3.63) is 30.3 Å². The van der Waals surface area contributed by atoms with Crippen molar-refractivity contribution in [1.82, 2.24) is 15.5 Å². The van der Waals surface area contributed by atoms with Crippen LogP contribution in [0.3, 0.4) is 0 Å². The van der Waals surface area contributed by atoms with Crippen LogP contribution in [0.25, 0.3) is 0 Å². The quantitative estimate of drug-likeness (QED) is 0.864. The van der Waals surface area contributed by atoms with Gasteiger partial charge in [-0.15, -0.1) is 0 Å². The molecular weight excluding hydrogens is 304 g/mol. The van der Waals surface area contributed by atoms with Crippen LogP contribution in [0.15, 0.2) is 30.3 Å². The minimum atomic E-state index is -0.529. The van der Waals surface area contributed by atoms with E-state index in [9.17, 15) is 9.59 Å². The summed E-state index contributed by atoms with van der Waals surface area (Å²) in [6.45, 7) is 8.59. The maximum absolute atomic E-state index is 12.3. The van der Waals surface area contributed by atoms with Crippen LogP contribution in [0.1, 0.15) is 27.2 Å². The second kappa shape index (κ2) is 8.57. The number of benzene rings is 1. The van der Waals surface area contributed by atoms with Crippen molar-refractivity contribution in [2.75, 3.05) is 31.1 Å². The van der Waals surface area contributed by atoms with E-state index in [0.717, 1.165) is 19.5 Å². The van der Waals surface area contributed by atoms with Gasteiger partial charge in [0.25, 0.3) is 0 Å². The standard InChI is InChI=1S/C18H28N4O2/c1-4-14(2)19-17(23)15(3)20-18(24)22-12-10-21(11-13-22)16-8-6-5-7-9-16/h5-9,14-15H,4,10-13H2,1-3H3,(H,19,23)(H,20,24). The first-order valence-electron chi connectivity index (χ1n) is 8.67. The molecule has 2 unspecified atom stereocenters. The third-order valence-corrected chi connectivity index (χ3v) is 4.42. The average molecular weight is 332 g/mol. The molecule has 24 heavy (non-hydrogen) atoms. The van der Waals surface area contributed by atoms with Gasteiger partial charge in [-0.3, -0.25) is 4.79 Å². The topological polar surface area (TPSA) is 64.7 Å². The van der Waals surface area contributed by atoms with E-state index in [2.05, 4.69) is 27.7 Å². The Labute approximate surface area is 144 Å². The number of para-hydroxylation sites is 1. The van der Waals surface area contributed by atoms with Crippen molar-refractivity contribution >= 4 is 17.6 Å². The largest absolute Gasteiger partial charge is 0.368 e. The number of amides is 3. The first-order chi connectivity index (χ1) is 11.5. The molecule has 0 radical (unpaired) electrons. The van der Waals surface area contributed by atoms with E-state index in [1.165, 1.54) is 5.69 Å². The summed E-state index contributed by atoms with van der Waals surface area (Å²) in [4.78, 5) is 28.4. The molecule has 1 aromatic carbocycles. The maximum Gasteiger partial charge on any atom is 0.318 e. The smallest absolute Gasteiger partial charge is 0.318 e. The van der Waals surface area contributed by atoms with E-state index in [1.807, 2.05) is 32.0 Å². The van der Waals surface area contributed by atoms with Gasteiger partial charge in [0.15, 0.2) is 0 Å². The summed E-state index contributed by atoms with van der Waals surface area (Å²) >= 11 is 0. The molecule has 2 N–H and O–H groups in total. The first kappa shape index (κ1) is 18.1. The van der Waals surface area contributed by atoms with Gasteiger partial charge in [0, 0.05) is 37.9 Å². The zero-order valence-electron chi connectivity index (χ0n) is 14.8. The van der Waals surface area contributed by atoms with Gasteiger partial charge < -0.3 is 20.4 Å². The van der Waals surface area contributed by atoms with Crippen LogP contribution in [-0.4, -0.2) is 55.1 Å². The number of carbonyl (C=O) groups is 2. The molecule has 0 aliphatic carbocycles. The lowest BCUT2D eigenvalue weighted by atomic mass is 10.2. The molecule has 0 saturated carbocycles. The van der Waals surface area contributed by atoms with Gasteiger partial charge in [0.1, 0.15) is 6.04 Å². The summed E-state index contributed by atoms with van der Waals surface area (Å²) in [6, 6.07) is 9.62. The summed E-state index contributed by atoms with van der Waals surface area (Å²) in [7, 11) is 0. The molecule has 1 aliphatic heterocycles. The molecule has 1 fully saturated rings. The van der Waals surface area contributed by atoms with Crippen molar-refractivity contribution in [3.8, 4) is 0 Å². The van der Waals surface area contributed by atoms with Crippen LogP contribution in [0.4, 0.5) is 10.5 Å². The summed E-state index contributed by atoms with van der Waals surface area (Å²) in [5.74, 6) is -0.138. The van der Waals surface area contributed by atoms with Crippen molar-refractivity contribution < 1.29 is 9.59 Å². The summed E-state index contributed by atoms with van der Waals surface area (Å²) < 4.78 is 0. The highest BCUT2D eigenvalue weighted by molar-refractivity contribution is 5.86. The van der Waals surface area contributed by atoms with Gasteiger partial charge in [0.2, 0.25) is 5.91 Å². The van der Waals surface area contributed by atoms with Crippen LogP contribution in [-0.2, 0) is 4.79 Å². The Kier molecular flexibility index (Phi) is 6.46. The number of rotatable bonds is 5. The molecule has 1 saturated heterocycles. The SMILES string of the molecule is CCC(C)NC(=O)C(C)NC(=O)N1CCN(c2ccccc2)CC1. The van der Waals surface area contributed by atoms with Gasteiger partial charge in [0.05, 0.1) is 0 Å². The van der Waals surface area contributed by atoms with E-state index in [4.69, 9.17) is 0 Å². The summed E-state index contributed by atoms with van der Waals surface area (Å²) in [6.07, 6.45) is 0.869. The summed E-state index contributed by atoms with van der Waals surface area (Å²) in [5, 5.41) is 5.68. The zero-order chi connectivity index (χ0) is 17.5. The van der Waals surface area contributed by atoms with E-state index in [-0.39, 0.29) is 18.0 Å². The Morgan fingerprint density at radius 3 is 2.25 bits per heavy atom. The average Bonchev–Trinajstić information content (AvgIpc) is 2.62. The lowest BCUT2D eigenvalue weighted by molar-refractivity contribution is -0.123. The van der Waals surface area contributed by atoms with Crippen LogP contribution >= 0.6 is 0 Å². The van der Waals surface area contributed by atoms with Crippen LogP contribution in [0.2, 0.25) is 0 Å². The molecule has 0 aromatic heterocycles. The molecule has 1 heterocycles. The van der Waals surface area contributed by atoms with Crippen molar-refractivity contribution in [2.45, 2.75) is 39.3 Å². The molecule has 132 valence electrons. The molecular formula is C18H28N4O2. The molecule has 6 heteroatoms. The monoisotopic (exact) mass is 332 g/mol. The molecule has 2 rings (SSSR count). The highest BCUT2D eigenvalue weighted by Crippen LogP contribution is 2.15. The number of urea groups is 1. The number of hydrogen-bond acceptors (Lipinski definition) is 3. The highest BCUT2D eigenvalue weighted by atomic mass is 16.2. The van der Waals surface area contributed by atoms with Gasteiger partial charge in [-0.1, -0.05) is 25.1 Å². The minimum Gasteiger partial charge on any atom is -0.368 e. The fourth-order valence-electron chi connectivity index (χ4n) is 2.62. The fraction of sp³-hybridized carbons (Fsp3) is 0.556. The van der Waals surface area contributed by atoms with Crippen molar-refractivity contribution in [1.29, 1.82) is 0 Å². The Morgan fingerprint density at radius 1 is 1.04 bits per heavy atom. The highest BCUT2D eigenvalue weighted by Gasteiger charge is 2.24. The Hall–Kier alpha value is -2.24. The molecule has 6 nitrogen and oxygen atoms in total. The summed E-state index contributed by atoms with van der Waals surface area (Å²) in [5.41, 5.74) is 1.18. The molecule has 1 aliphatic rings. The minimum absolute atomic E-state index is 0.117. The zero-order valence-corrected chi connectivity index (χ0v) is 14.8. The van der Waals surface area contributed by atoms with Crippen LogP contribution in [0, 0.1) is 0 Å². The normalized spacial score (nSPS) is 17.1. The van der Waals surface area contributed by atoms with Gasteiger partial charge in [-0.25, -0.2) is 4.79 Å². The third-order valence-electron chi connectivity index (χ3n) is 4.42. The van der Waals surface area contributed by atoms with Crippen molar-refractivity contribution in [3.63, 3.8) is 0 Å². The Bertz CT molecular complexity index is 541. The number of nitrogens with zero attached hydrogens (tertiary/aromatic N) is 2. The predicted octanol–water partition coefficient (Wildman–Crippen LogP) is 1.82. The van der Waals surface area contributed by atoms with Gasteiger partial charge in [-0.2, -0.15) is 0 Å². The second-order valence-electron chi connectivity index (χ2n) is 6.30. The number of carbonyl (C=O) groups excluding carboxylic acids is 2. The predicted molar refractivity (Wildman–Crippen MR) is 96.1 cm³/mol. The maximum atomic E-state index is 12.3. The first-order valence-corrected chi connectivity index (χ1v) is 8.67. The fourth-order valence-corrected chi connectivity index (χ4v) is 2.62. The second-order valence-corrected chi connectivity index (χ2v) is 6.30. The Morgan fingerprint density at radius 2 is 1.67 bits per heavy atom. The Balaban J connectivity index is 1.79. The lowest BCUT2D eigenvalue weighted by Gasteiger charge is -2.36. The van der Waals surface area contributed by atoms with E-state index in [1.54, 1.807) is 11.8 Å². The van der Waals surface area contributed by atoms with Gasteiger partial charge >= 0.3 is 6.03 Å². The van der Waals surface area contributed by atoms with Crippen LogP contribution in [0.5, 0.6) is 0 Å². The van der Waals surface area contributed by atoms with Gasteiger partial charge in [-0.05, 0) is 32.4 Å². The number of nitrogens with one attached hydrogen (secondary N) is 2. The molecule has 0 bridgehead atoms. The van der Waals surface area contributed by atoms with Crippen LogP contribution < -0.4 is 15.5 Å². The van der Waals surface area contributed by atoms with Crippen molar-refractivity contribution in [2.24, 2.45) is 0 Å². The molecule has 3 amide bonds. The van der Waals surface area contributed by atoms with E-state index in [0.29, 0.717) is 13.1 Å². The third kappa shape index (κ3) is 4.88. The molecule has 1 aromatic rings. The van der Waals surface area contributed by atoms with E-state index >= 15 is 0 Å². The number of anilines is 1. The number of hydrogen-bond donors (Lipinski definition) is 2.